The number of ether oxygens (including phenoxy) is 4. The third-order valence-electron chi connectivity index (χ3n) is 8.07. The van der Waals surface area contributed by atoms with Gasteiger partial charge in [-0.2, -0.15) is 0 Å². The zero-order valence-electron chi connectivity index (χ0n) is 26.7. The molecule has 1 unspecified atom stereocenters. The molecule has 2 fully saturated rings. The first kappa shape index (κ1) is 34.5. The lowest BCUT2D eigenvalue weighted by Crippen LogP contribution is -2.64. The highest BCUT2D eigenvalue weighted by Crippen LogP contribution is 2.53. The number of carbonyl (C=O) groups excluding carboxylic acids is 5. The van der Waals surface area contributed by atoms with E-state index in [0.717, 1.165) is 16.7 Å². The Balaban J connectivity index is 1.16. The lowest BCUT2D eigenvalue weighted by molar-refractivity contribution is -0.172. The molecule has 252 valence electrons. The van der Waals surface area contributed by atoms with Gasteiger partial charge in [-0.25, -0.2) is 14.4 Å². The fraction of sp³-hybridized carbons (Fsp3) is 0.361. The van der Waals surface area contributed by atoms with Gasteiger partial charge in [0, 0.05) is 11.2 Å². The number of amides is 2. The molecule has 2 amide bonds. The van der Waals surface area contributed by atoms with Crippen molar-refractivity contribution < 1.29 is 42.9 Å². The first-order valence-corrected chi connectivity index (χ1v) is 16.5. The summed E-state index contributed by atoms with van der Waals surface area (Å²) in [6, 6.07) is 25.4. The molecule has 3 aromatic rings. The molecule has 5 rings (SSSR count). The molecule has 2 heterocycles. The van der Waals surface area contributed by atoms with E-state index >= 15 is 0 Å². The lowest BCUT2D eigenvalue weighted by Gasteiger charge is -2.43. The SMILES string of the molecule is CC1(C)S[C@@H]2[C@@H](COC(=O)C(CCC(=O)OCc3ccccc3)NC(=O)OCc3ccccc3)C(=O)N2[C@H]1C(=O)OCc1ccccc1. The minimum Gasteiger partial charge on any atom is -0.463 e. The van der Waals surface area contributed by atoms with Crippen LogP contribution in [0.25, 0.3) is 0 Å². The van der Waals surface area contributed by atoms with E-state index in [2.05, 4.69) is 5.32 Å². The van der Waals surface area contributed by atoms with Crippen LogP contribution in [0.2, 0.25) is 0 Å². The number of thioether (sulfide) groups is 1. The average molecular weight is 675 g/mol. The number of alkyl carbamates (subject to hydrolysis) is 1. The van der Waals surface area contributed by atoms with Crippen molar-refractivity contribution in [1.82, 2.24) is 10.2 Å². The van der Waals surface area contributed by atoms with Crippen LogP contribution >= 0.6 is 11.8 Å². The third-order valence-corrected chi connectivity index (χ3v) is 9.70. The van der Waals surface area contributed by atoms with Crippen molar-refractivity contribution in [2.24, 2.45) is 5.92 Å². The molecule has 0 bridgehead atoms. The summed E-state index contributed by atoms with van der Waals surface area (Å²) >= 11 is 1.44. The van der Waals surface area contributed by atoms with E-state index in [9.17, 15) is 24.0 Å². The van der Waals surface area contributed by atoms with E-state index in [-0.39, 0.29) is 45.2 Å². The molecule has 1 N–H and O–H groups in total. The summed E-state index contributed by atoms with van der Waals surface area (Å²) in [5, 5.41) is 2.09. The molecule has 12 heteroatoms. The van der Waals surface area contributed by atoms with Gasteiger partial charge in [-0.15, -0.1) is 11.8 Å². The number of nitrogens with zero attached hydrogens (tertiary/aromatic N) is 1. The Kier molecular flexibility index (Phi) is 11.4. The van der Waals surface area contributed by atoms with Crippen LogP contribution in [0, 0.1) is 5.92 Å². The van der Waals surface area contributed by atoms with Gasteiger partial charge >= 0.3 is 24.0 Å². The van der Waals surface area contributed by atoms with Crippen LogP contribution < -0.4 is 5.32 Å². The quantitative estimate of drug-likeness (QED) is 0.145. The summed E-state index contributed by atoms with van der Waals surface area (Å²) in [4.78, 5) is 66.3. The van der Waals surface area contributed by atoms with Crippen LogP contribution in [0.1, 0.15) is 43.4 Å². The summed E-state index contributed by atoms with van der Waals surface area (Å²) in [5.41, 5.74) is 2.40. The molecular formula is C36H38N2O9S. The van der Waals surface area contributed by atoms with Crippen molar-refractivity contribution in [3.8, 4) is 0 Å². The average Bonchev–Trinajstić information content (AvgIpc) is 3.35. The Morgan fingerprint density at radius 3 is 1.85 bits per heavy atom. The number of esters is 3. The predicted molar refractivity (Wildman–Crippen MR) is 176 cm³/mol. The van der Waals surface area contributed by atoms with Crippen LogP contribution in [0.5, 0.6) is 0 Å². The fourth-order valence-electron chi connectivity index (χ4n) is 5.53. The number of fused-ring (bicyclic) bond motifs is 1. The number of rotatable bonds is 14. The summed E-state index contributed by atoms with van der Waals surface area (Å²) in [6.07, 6.45) is -1.16. The standard InChI is InChI=1S/C36H38N2O9S/c1-36(2)30(34(42)45-21-25-14-8-4-9-15-25)38-31(40)27(32(38)48-36)23-46-33(41)28(37-35(43)47-22-26-16-10-5-11-17-26)18-19-29(39)44-20-24-12-6-3-7-13-24/h3-17,27-28,30,32H,18-23H2,1-2H3,(H,37,43)/t27-,28?,30-,32+/m0/s1. The highest BCUT2D eigenvalue weighted by molar-refractivity contribution is 8.01. The zero-order valence-corrected chi connectivity index (χ0v) is 27.6. The van der Waals surface area contributed by atoms with E-state index in [1.807, 2.05) is 80.6 Å². The van der Waals surface area contributed by atoms with Gasteiger partial charge in [0.05, 0.1) is 5.37 Å². The number of hydrogen-bond acceptors (Lipinski definition) is 10. The van der Waals surface area contributed by atoms with Crippen LogP contribution in [-0.4, -0.2) is 63.6 Å². The molecule has 2 aliphatic rings. The maximum atomic E-state index is 13.3. The van der Waals surface area contributed by atoms with Crippen LogP contribution in [0.3, 0.4) is 0 Å². The molecule has 2 aliphatic heterocycles. The predicted octanol–water partition coefficient (Wildman–Crippen LogP) is 4.77. The molecule has 4 atom stereocenters. The maximum absolute atomic E-state index is 13.3. The normalized spacial score (nSPS) is 19.7. The smallest absolute Gasteiger partial charge is 0.408 e. The van der Waals surface area contributed by atoms with Crippen LogP contribution in [0.4, 0.5) is 4.79 Å². The second-order valence-electron chi connectivity index (χ2n) is 12.0. The lowest BCUT2D eigenvalue weighted by atomic mass is 9.92. The molecule has 0 aromatic heterocycles. The van der Waals surface area contributed by atoms with Gasteiger partial charge < -0.3 is 29.2 Å². The molecule has 0 spiro atoms. The minimum atomic E-state index is -1.24. The first-order chi connectivity index (χ1) is 23.1. The van der Waals surface area contributed by atoms with Crippen molar-refractivity contribution in [3.05, 3.63) is 108 Å². The number of benzene rings is 3. The molecule has 11 nitrogen and oxygen atoms in total. The summed E-state index contributed by atoms with van der Waals surface area (Å²) in [6.45, 7) is 3.62. The highest BCUT2D eigenvalue weighted by atomic mass is 32.2. The van der Waals surface area contributed by atoms with E-state index in [4.69, 9.17) is 18.9 Å². The fourth-order valence-corrected chi connectivity index (χ4v) is 7.19. The van der Waals surface area contributed by atoms with Gasteiger partial charge in [0.1, 0.15) is 44.4 Å². The van der Waals surface area contributed by atoms with Crippen molar-refractivity contribution >= 4 is 41.7 Å². The van der Waals surface area contributed by atoms with Crippen molar-refractivity contribution in [2.45, 2.75) is 68.7 Å². The van der Waals surface area contributed by atoms with Crippen molar-refractivity contribution in [3.63, 3.8) is 0 Å². The second-order valence-corrected chi connectivity index (χ2v) is 13.8. The molecule has 3 aromatic carbocycles. The van der Waals surface area contributed by atoms with Crippen LogP contribution in [0.15, 0.2) is 91.0 Å². The highest BCUT2D eigenvalue weighted by Gasteiger charge is 2.64. The van der Waals surface area contributed by atoms with Gasteiger partial charge in [-0.05, 0) is 37.0 Å². The molecule has 0 radical (unpaired) electrons. The Labute approximate surface area is 283 Å². The minimum absolute atomic E-state index is 0.0242. The topological polar surface area (TPSA) is 138 Å². The van der Waals surface area contributed by atoms with Crippen LogP contribution in [-0.2, 0) is 57.9 Å². The summed E-state index contributed by atoms with van der Waals surface area (Å²) < 4.78 is 21.1. The van der Waals surface area contributed by atoms with Gasteiger partial charge in [0.25, 0.3) is 0 Å². The molecule has 48 heavy (non-hydrogen) atoms. The van der Waals surface area contributed by atoms with Gasteiger partial charge in [0.2, 0.25) is 5.91 Å². The van der Waals surface area contributed by atoms with Crippen molar-refractivity contribution in [2.75, 3.05) is 6.61 Å². The largest absolute Gasteiger partial charge is 0.463 e. The maximum Gasteiger partial charge on any atom is 0.408 e. The molecule has 0 saturated carbocycles. The molecule has 0 aliphatic carbocycles. The summed E-state index contributed by atoms with van der Waals surface area (Å²) in [7, 11) is 0. The second kappa shape index (κ2) is 15.8. The van der Waals surface area contributed by atoms with E-state index in [0.29, 0.717) is 0 Å². The number of carbonyl (C=O) groups is 5. The Morgan fingerprint density at radius 2 is 1.29 bits per heavy atom. The third kappa shape index (κ3) is 8.74. The zero-order chi connectivity index (χ0) is 34.1. The Morgan fingerprint density at radius 1 is 0.771 bits per heavy atom. The van der Waals surface area contributed by atoms with Crippen molar-refractivity contribution in [1.29, 1.82) is 0 Å². The number of hydrogen-bond donors (Lipinski definition) is 1. The number of β-lactam (4-membered cyclic amide) rings is 1. The van der Waals surface area contributed by atoms with Gasteiger partial charge in [0.15, 0.2) is 0 Å². The monoisotopic (exact) mass is 674 g/mol. The first-order valence-electron chi connectivity index (χ1n) is 15.7. The van der Waals surface area contributed by atoms with E-state index in [1.165, 1.54) is 16.7 Å². The molecule has 2 saturated heterocycles. The summed E-state index contributed by atoms with van der Waals surface area (Å²) in [5.74, 6) is -2.90. The van der Waals surface area contributed by atoms with Gasteiger partial charge in [-0.1, -0.05) is 91.0 Å². The Hall–Kier alpha value is -4.84. The number of nitrogens with one attached hydrogen (secondary N) is 1. The molecular weight excluding hydrogens is 636 g/mol. The van der Waals surface area contributed by atoms with E-state index in [1.54, 1.807) is 24.3 Å². The van der Waals surface area contributed by atoms with Gasteiger partial charge in [-0.3, -0.25) is 9.59 Å². The Bertz CT molecular complexity index is 1590. The van der Waals surface area contributed by atoms with E-state index < -0.39 is 52.1 Å².